The van der Waals surface area contributed by atoms with E-state index < -0.39 is 22.7 Å². The molecule has 0 aliphatic rings. The van der Waals surface area contributed by atoms with Crippen molar-refractivity contribution in [3.05, 3.63) is 75.9 Å². The monoisotopic (exact) mass is 472 g/mol. The van der Waals surface area contributed by atoms with E-state index in [0.29, 0.717) is 16.7 Å². The van der Waals surface area contributed by atoms with Crippen molar-refractivity contribution in [3.63, 3.8) is 0 Å². The fourth-order valence-electron chi connectivity index (χ4n) is 2.86. The lowest BCUT2D eigenvalue weighted by Gasteiger charge is -2.19. The molecule has 0 aliphatic heterocycles. The number of carbonyl (C=O) groups is 2. The number of nitro benzene ring substituents is 1. The molecule has 0 unspecified atom stereocenters. The molecule has 2 amide bonds. The Bertz CT molecular complexity index is 1150. The van der Waals surface area contributed by atoms with E-state index in [1.807, 2.05) is 13.8 Å². The van der Waals surface area contributed by atoms with Gasteiger partial charge in [-0.15, -0.1) is 5.10 Å². The number of H-pyrrole nitrogens is 1. The highest BCUT2D eigenvalue weighted by Crippen LogP contribution is 2.22. The van der Waals surface area contributed by atoms with E-state index in [4.69, 9.17) is 0 Å². The average Bonchev–Trinajstić information content (AvgIpc) is 3.26. The zero-order chi connectivity index (χ0) is 24.0. The molecule has 0 saturated heterocycles. The molecule has 1 heterocycles. The minimum absolute atomic E-state index is 0.0288. The number of halogens is 1. The van der Waals surface area contributed by atoms with Crippen LogP contribution >= 0.6 is 11.8 Å². The molecule has 0 spiro atoms. The Hall–Kier alpha value is -3.80. The summed E-state index contributed by atoms with van der Waals surface area (Å²) in [5, 5.41) is 23.6. The molecule has 33 heavy (non-hydrogen) atoms. The van der Waals surface area contributed by atoms with E-state index in [2.05, 4.69) is 25.8 Å². The molecule has 1 aromatic heterocycles. The number of thioether (sulfide) groups is 1. The van der Waals surface area contributed by atoms with Gasteiger partial charge < -0.3 is 10.6 Å². The summed E-state index contributed by atoms with van der Waals surface area (Å²) in [5.41, 5.74) is 0.448. The predicted molar refractivity (Wildman–Crippen MR) is 120 cm³/mol. The molecule has 0 saturated carbocycles. The number of rotatable bonds is 9. The number of nitrogens with zero attached hydrogens (tertiary/aromatic N) is 3. The summed E-state index contributed by atoms with van der Waals surface area (Å²) >= 11 is 1.09. The average molecular weight is 473 g/mol. The molecule has 1 atom stereocenters. The predicted octanol–water partition coefficient (Wildman–Crippen LogP) is 3.71. The van der Waals surface area contributed by atoms with Crippen LogP contribution in [-0.2, 0) is 4.79 Å². The van der Waals surface area contributed by atoms with Crippen molar-refractivity contribution >= 4 is 35.0 Å². The second-order valence-electron chi connectivity index (χ2n) is 7.35. The van der Waals surface area contributed by atoms with Crippen LogP contribution in [0.3, 0.4) is 0 Å². The van der Waals surface area contributed by atoms with Gasteiger partial charge in [-0.25, -0.2) is 9.37 Å². The molecule has 0 radical (unpaired) electrons. The first kappa shape index (κ1) is 23.9. The number of nitro groups is 1. The van der Waals surface area contributed by atoms with E-state index in [9.17, 15) is 24.1 Å². The van der Waals surface area contributed by atoms with Gasteiger partial charge >= 0.3 is 0 Å². The lowest BCUT2D eigenvalue weighted by Crippen LogP contribution is -2.32. The van der Waals surface area contributed by atoms with Crippen LogP contribution in [0.25, 0.3) is 0 Å². The van der Waals surface area contributed by atoms with Gasteiger partial charge in [-0.2, -0.15) is 0 Å². The molecular weight excluding hydrogens is 451 g/mol. The fraction of sp³-hybridized carbons (Fsp3) is 0.238. The van der Waals surface area contributed by atoms with Gasteiger partial charge in [0.05, 0.1) is 16.7 Å². The fourth-order valence-corrected chi connectivity index (χ4v) is 3.46. The third kappa shape index (κ3) is 6.59. The van der Waals surface area contributed by atoms with Crippen molar-refractivity contribution in [2.24, 2.45) is 5.92 Å². The Morgan fingerprint density at radius 3 is 2.61 bits per heavy atom. The number of aromatic nitrogens is 3. The summed E-state index contributed by atoms with van der Waals surface area (Å²) in [5.74, 6) is -0.835. The summed E-state index contributed by atoms with van der Waals surface area (Å²) in [6.45, 7) is 3.76. The number of anilines is 1. The van der Waals surface area contributed by atoms with Gasteiger partial charge in [-0.05, 0) is 36.2 Å². The summed E-state index contributed by atoms with van der Waals surface area (Å²) < 4.78 is 13.0. The molecular formula is C21H21FN6O4S. The number of amides is 2. The van der Waals surface area contributed by atoms with Crippen LogP contribution in [0.2, 0.25) is 0 Å². The van der Waals surface area contributed by atoms with Gasteiger partial charge in [0.2, 0.25) is 11.1 Å². The summed E-state index contributed by atoms with van der Waals surface area (Å²) in [6, 6.07) is 10.3. The summed E-state index contributed by atoms with van der Waals surface area (Å²) in [6.07, 6.45) is 0. The maximum atomic E-state index is 13.0. The highest BCUT2D eigenvalue weighted by molar-refractivity contribution is 7.99. The number of benzene rings is 2. The van der Waals surface area contributed by atoms with Crippen molar-refractivity contribution in [2.75, 3.05) is 11.1 Å². The van der Waals surface area contributed by atoms with Crippen molar-refractivity contribution in [1.82, 2.24) is 20.5 Å². The van der Waals surface area contributed by atoms with Crippen LogP contribution in [0.15, 0.2) is 53.7 Å². The number of hydrogen-bond donors (Lipinski definition) is 3. The van der Waals surface area contributed by atoms with Gasteiger partial charge in [-0.3, -0.25) is 24.8 Å². The minimum atomic E-state index is -0.567. The number of carbonyl (C=O) groups excluding carboxylic acids is 2. The van der Waals surface area contributed by atoms with Gasteiger partial charge in [0.25, 0.3) is 11.6 Å². The Balaban J connectivity index is 1.61. The van der Waals surface area contributed by atoms with E-state index in [0.717, 1.165) is 11.8 Å². The second-order valence-corrected chi connectivity index (χ2v) is 8.29. The van der Waals surface area contributed by atoms with Crippen LogP contribution in [0.1, 0.15) is 36.1 Å². The molecule has 12 heteroatoms. The van der Waals surface area contributed by atoms with Gasteiger partial charge in [0.1, 0.15) is 11.6 Å². The molecule has 2 aromatic carbocycles. The van der Waals surface area contributed by atoms with Crippen LogP contribution in [0, 0.1) is 21.8 Å². The third-order valence-corrected chi connectivity index (χ3v) is 5.36. The number of hydrogen-bond acceptors (Lipinski definition) is 7. The normalized spacial score (nSPS) is 11.8. The van der Waals surface area contributed by atoms with Crippen molar-refractivity contribution in [2.45, 2.75) is 25.0 Å². The third-order valence-electron chi connectivity index (χ3n) is 4.51. The smallest absolute Gasteiger partial charge is 0.270 e. The number of aromatic amines is 1. The number of non-ortho nitro benzene ring substituents is 1. The highest BCUT2D eigenvalue weighted by atomic mass is 32.2. The lowest BCUT2D eigenvalue weighted by atomic mass is 10.0. The van der Waals surface area contributed by atoms with E-state index in [1.165, 1.54) is 48.5 Å². The summed E-state index contributed by atoms with van der Waals surface area (Å²) in [7, 11) is 0. The van der Waals surface area contributed by atoms with Crippen molar-refractivity contribution < 1.29 is 18.9 Å². The lowest BCUT2D eigenvalue weighted by molar-refractivity contribution is -0.384. The standard InChI is InChI=1S/C21H21FN6O4S/c1-12(2)18(24-20(30)13-4-3-5-16(10-13)28(31)32)19-25-21(27-26-19)33-11-17(29)23-15-8-6-14(22)7-9-15/h3-10,12,18H,11H2,1-2H3,(H,23,29)(H,24,30)(H,25,26,27)/t18-/m0/s1. The van der Waals surface area contributed by atoms with Crippen LogP contribution in [0.4, 0.5) is 15.8 Å². The molecule has 3 rings (SSSR count). The molecule has 3 N–H and O–H groups in total. The van der Waals surface area contributed by atoms with Crippen LogP contribution in [0.5, 0.6) is 0 Å². The molecule has 0 bridgehead atoms. The molecule has 3 aromatic rings. The Labute approximate surface area is 192 Å². The maximum absolute atomic E-state index is 13.0. The molecule has 10 nitrogen and oxygen atoms in total. The quantitative estimate of drug-likeness (QED) is 0.245. The zero-order valence-corrected chi connectivity index (χ0v) is 18.6. The molecule has 0 aliphatic carbocycles. The minimum Gasteiger partial charge on any atom is -0.342 e. The Kier molecular flexibility index (Phi) is 7.72. The van der Waals surface area contributed by atoms with E-state index >= 15 is 0 Å². The first-order chi connectivity index (χ1) is 15.7. The van der Waals surface area contributed by atoms with Crippen LogP contribution < -0.4 is 10.6 Å². The van der Waals surface area contributed by atoms with E-state index in [-0.39, 0.29) is 28.8 Å². The first-order valence-corrected chi connectivity index (χ1v) is 10.9. The largest absolute Gasteiger partial charge is 0.342 e. The van der Waals surface area contributed by atoms with Gasteiger partial charge in [0, 0.05) is 23.4 Å². The highest BCUT2D eigenvalue weighted by Gasteiger charge is 2.24. The SMILES string of the molecule is CC(C)[C@H](NC(=O)c1cccc([N+](=O)[O-])c1)c1nc(SCC(=O)Nc2ccc(F)cc2)n[nH]1. The van der Waals surface area contributed by atoms with Crippen molar-refractivity contribution in [1.29, 1.82) is 0 Å². The molecule has 0 fully saturated rings. The van der Waals surface area contributed by atoms with Gasteiger partial charge in [0.15, 0.2) is 0 Å². The maximum Gasteiger partial charge on any atom is 0.270 e. The second kappa shape index (κ2) is 10.7. The Morgan fingerprint density at radius 2 is 1.94 bits per heavy atom. The first-order valence-electron chi connectivity index (χ1n) is 9.88. The van der Waals surface area contributed by atoms with Gasteiger partial charge in [-0.1, -0.05) is 31.7 Å². The molecule has 172 valence electrons. The van der Waals surface area contributed by atoms with E-state index in [1.54, 1.807) is 0 Å². The van der Waals surface area contributed by atoms with Crippen molar-refractivity contribution in [3.8, 4) is 0 Å². The summed E-state index contributed by atoms with van der Waals surface area (Å²) in [4.78, 5) is 39.5. The van der Waals surface area contributed by atoms with Crippen LogP contribution in [-0.4, -0.2) is 37.7 Å². The number of nitrogens with one attached hydrogen (secondary N) is 3. The zero-order valence-electron chi connectivity index (χ0n) is 17.7. The topological polar surface area (TPSA) is 143 Å². The Morgan fingerprint density at radius 1 is 1.21 bits per heavy atom.